The summed E-state index contributed by atoms with van der Waals surface area (Å²) in [5, 5.41) is 10.9. The highest BCUT2D eigenvalue weighted by atomic mass is 16.2. The molecule has 0 unspecified atom stereocenters. The lowest BCUT2D eigenvalue weighted by Crippen LogP contribution is -2.37. The van der Waals surface area contributed by atoms with Crippen molar-refractivity contribution in [3.63, 3.8) is 0 Å². The second-order valence-electron chi connectivity index (χ2n) is 6.55. The SMILES string of the molecule is C#CCCC1(CCNC(=O)CCn2cnc3c2c(=O)n(C)c(=O)n3C)N=N1. The van der Waals surface area contributed by atoms with Gasteiger partial charge in [-0.1, -0.05) is 0 Å². The molecule has 0 atom stereocenters. The van der Waals surface area contributed by atoms with Crippen LogP contribution in [0.15, 0.2) is 26.1 Å². The molecule has 0 saturated heterocycles. The molecule has 27 heavy (non-hydrogen) atoms. The van der Waals surface area contributed by atoms with Crippen LogP contribution in [-0.4, -0.2) is 36.8 Å². The number of nitrogens with one attached hydrogen (secondary N) is 1. The summed E-state index contributed by atoms with van der Waals surface area (Å²) in [7, 11) is 2.97. The summed E-state index contributed by atoms with van der Waals surface area (Å²) in [6.45, 7) is 0.740. The van der Waals surface area contributed by atoms with Crippen LogP contribution >= 0.6 is 0 Å². The number of terminal acetylenes is 1. The van der Waals surface area contributed by atoms with Crippen LogP contribution in [0.5, 0.6) is 0 Å². The van der Waals surface area contributed by atoms with Crippen molar-refractivity contribution in [1.82, 2.24) is 24.0 Å². The molecule has 1 amide bonds. The third-order valence-electron chi connectivity index (χ3n) is 4.70. The maximum atomic E-state index is 12.4. The van der Waals surface area contributed by atoms with Crippen molar-refractivity contribution in [2.75, 3.05) is 6.54 Å². The van der Waals surface area contributed by atoms with E-state index in [1.165, 1.54) is 17.9 Å². The summed E-state index contributed by atoms with van der Waals surface area (Å²) in [6, 6.07) is 0. The average molecular weight is 371 g/mol. The predicted molar refractivity (Wildman–Crippen MR) is 98.1 cm³/mol. The number of hydrogen-bond acceptors (Lipinski definition) is 6. The first kappa shape index (κ1) is 18.6. The standard InChI is InChI=1S/C17H21N7O3/c1-4-5-7-17(20-21-17)8-9-18-12(25)6-10-24-11-19-14-13(24)15(26)23(3)16(27)22(14)2/h1,11H,5-10H2,2-3H3,(H,18,25). The number of aryl methyl sites for hydroxylation is 2. The molecule has 10 nitrogen and oxygen atoms in total. The molecule has 0 spiro atoms. The van der Waals surface area contributed by atoms with Gasteiger partial charge < -0.3 is 9.88 Å². The van der Waals surface area contributed by atoms with Gasteiger partial charge in [0, 0.05) is 52.9 Å². The van der Waals surface area contributed by atoms with Crippen LogP contribution < -0.4 is 16.6 Å². The monoisotopic (exact) mass is 371 g/mol. The van der Waals surface area contributed by atoms with Crippen molar-refractivity contribution < 1.29 is 4.79 Å². The number of rotatable bonds is 8. The van der Waals surface area contributed by atoms with Gasteiger partial charge in [0.2, 0.25) is 5.91 Å². The summed E-state index contributed by atoms with van der Waals surface area (Å²) in [6.07, 6.45) is 8.82. The highest BCUT2D eigenvalue weighted by molar-refractivity contribution is 5.76. The quantitative estimate of drug-likeness (QED) is 0.653. The third-order valence-corrected chi connectivity index (χ3v) is 4.70. The number of nitrogens with zero attached hydrogens (tertiary/aromatic N) is 6. The van der Waals surface area contributed by atoms with Crippen molar-refractivity contribution in [1.29, 1.82) is 0 Å². The van der Waals surface area contributed by atoms with Gasteiger partial charge in [0.1, 0.15) is 0 Å². The number of carbonyl (C=O) groups is 1. The lowest BCUT2D eigenvalue weighted by molar-refractivity contribution is -0.121. The van der Waals surface area contributed by atoms with E-state index in [1.807, 2.05) is 0 Å². The fourth-order valence-electron chi connectivity index (χ4n) is 2.95. The molecule has 3 rings (SSSR count). The number of amides is 1. The fraction of sp³-hybridized carbons (Fsp3) is 0.529. The Balaban J connectivity index is 1.58. The molecule has 10 heteroatoms. The zero-order valence-electron chi connectivity index (χ0n) is 15.3. The van der Waals surface area contributed by atoms with Gasteiger partial charge in [0.25, 0.3) is 5.56 Å². The lowest BCUT2D eigenvalue weighted by atomic mass is 10.0. The zero-order chi connectivity index (χ0) is 19.6. The molecule has 0 saturated carbocycles. The average Bonchev–Trinajstić information content (AvgIpc) is 3.29. The van der Waals surface area contributed by atoms with E-state index in [4.69, 9.17) is 6.42 Å². The minimum atomic E-state index is -0.440. The maximum Gasteiger partial charge on any atom is 0.332 e. The van der Waals surface area contributed by atoms with Crippen molar-refractivity contribution >= 4 is 17.1 Å². The molecule has 0 aromatic carbocycles. The number of fused-ring (bicyclic) bond motifs is 1. The van der Waals surface area contributed by atoms with Crippen LogP contribution in [0.2, 0.25) is 0 Å². The highest BCUT2D eigenvalue weighted by Crippen LogP contribution is 2.35. The fourth-order valence-corrected chi connectivity index (χ4v) is 2.95. The largest absolute Gasteiger partial charge is 0.356 e. The number of aromatic nitrogens is 4. The summed E-state index contributed by atoms with van der Waals surface area (Å²) >= 11 is 0. The van der Waals surface area contributed by atoms with Crippen LogP contribution in [-0.2, 0) is 25.4 Å². The van der Waals surface area contributed by atoms with Gasteiger partial charge in [-0.05, 0) is 0 Å². The molecule has 2 aromatic rings. The van der Waals surface area contributed by atoms with E-state index in [2.05, 4.69) is 26.4 Å². The van der Waals surface area contributed by atoms with Crippen molar-refractivity contribution in [2.24, 2.45) is 24.3 Å². The van der Waals surface area contributed by atoms with Crippen LogP contribution in [0, 0.1) is 12.3 Å². The molecule has 2 aromatic heterocycles. The van der Waals surface area contributed by atoms with Crippen LogP contribution in [0.25, 0.3) is 11.2 Å². The van der Waals surface area contributed by atoms with Crippen molar-refractivity contribution in [3.05, 3.63) is 27.2 Å². The van der Waals surface area contributed by atoms with Gasteiger partial charge in [0.05, 0.1) is 6.33 Å². The van der Waals surface area contributed by atoms with Gasteiger partial charge in [-0.15, -0.1) is 12.3 Å². The molecular formula is C17H21N7O3. The normalized spacial score (nSPS) is 14.3. The van der Waals surface area contributed by atoms with Gasteiger partial charge >= 0.3 is 5.69 Å². The van der Waals surface area contributed by atoms with E-state index >= 15 is 0 Å². The van der Waals surface area contributed by atoms with Crippen LogP contribution in [0.4, 0.5) is 0 Å². The summed E-state index contributed by atoms with van der Waals surface area (Å²) < 4.78 is 3.93. The summed E-state index contributed by atoms with van der Waals surface area (Å²) in [5.41, 5.74) is -0.687. The van der Waals surface area contributed by atoms with Gasteiger partial charge in [-0.2, -0.15) is 10.2 Å². The van der Waals surface area contributed by atoms with Crippen molar-refractivity contribution in [3.8, 4) is 12.3 Å². The maximum absolute atomic E-state index is 12.4. The van der Waals surface area contributed by atoms with Gasteiger partial charge in [0.15, 0.2) is 16.8 Å². The third kappa shape index (κ3) is 3.67. The van der Waals surface area contributed by atoms with Crippen LogP contribution in [0.1, 0.15) is 25.7 Å². The van der Waals surface area contributed by atoms with E-state index in [1.54, 1.807) is 11.6 Å². The van der Waals surface area contributed by atoms with Crippen LogP contribution in [0.3, 0.4) is 0 Å². The van der Waals surface area contributed by atoms with Gasteiger partial charge in [-0.3, -0.25) is 18.7 Å². The summed E-state index contributed by atoms with van der Waals surface area (Å²) in [4.78, 5) is 40.5. The first-order chi connectivity index (χ1) is 12.9. The lowest BCUT2D eigenvalue weighted by Gasteiger charge is -2.10. The minimum absolute atomic E-state index is 0.147. The molecular weight excluding hydrogens is 350 g/mol. The topological polar surface area (TPSA) is 116 Å². The second kappa shape index (κ2) is 7.19. The molecule has 0 aliphatic carbocycles. The first-order valence-electron chi connectivity index (χ1n) is 8.63. The minimum Gasteiger partial charge on any atom is -0.356 e. The molecule has 0 fully saturated rings. The Morgan fingerprint density at radius 1 is 1.26 bits per heavy atom. The van der Waals surface area contributed by atoms with E-state index in [0.717, 1.165) is 4.57 Å². The Morgan fingerprint density at radius 3 is 2.67 bits per heavy atom. The highest BCUT2D eigenvalue weighted by Gasteiger charge is 2.38. The number of carbonyl (C=O) groups excluding carboxylic acids is 1. The first-order valence-corrected chi connectivity index (χ1v) is 8.63. The number of hydrogen-bond donors (Lipinski definition) is 1. The Bertz CT molecular complexity index is 1060. The second-order valence-corrected chi connectivity index (χ2v) is 6.55. The van der Waals surface area contributed by atoms with E-state index in [0.29, 0.717) is 37.0 Å². The molecule has 1 aliphatic heterocycles. The summed E-state index contributed by atoms with van der Waals surface area (Å²) in [5.74, 6) is 2.42. The predicted octanol–water partition coefficient (Wildman–Crippen LogP) is -0.0944. The van der Waals surface area contributed by atoms with E-state index < -0.39 is 16.9 Å². The molecule has 142 valence electrons. The molecule has 1 N–H and O–H groups in total. The Labute approximate surface area is 154 Å². The van der Waals surface area contributed by atoms with E-state index in [-0.39, 0.29) is 18.9 Å². The van der Waals surface area contributed by atoms with Crippen molar-refractivity contribution in [2.45, 2.75) is 37.9 Å². The Morgan fingerprint density at radius 2 is 2.00 bits per heavy atom. The molecule has 1 aliphatic rings. The Kier molecular flexibility index (Phi) is 4.94. The zero-order valence-corrected chi connectivity index (χ0v) is 15.3. The molecule has 0 radical (unpaired) electrons. The Hall–Kier alpha value is -3.22. The van der Waals surface area contributed by atoms with Gasteiger partial charge in [-0.25, -0.2) is 9.78 Å². The van der Waals surface area contributed by atoms with E-state index in [9.17, 15) is 14.4 Å². The smallest absolute Gasteiger partial charge is 0.332 e. The molecule has 3 heterocycles. The molecule has 0 bridgehead atoms. The number of imidazole rings is 1.